The summed E-state index contributed by atoms with van der Waals surface area (Å²) >= 11 is 6.00. The number of benzene rings is 1. The summed E-state index contributed by atoms with van der Waals surface area (Å²) in [5.41, 5.74) is 3.20. The highest BCUT2D eigenvalue weighted by Gasteiger charge is 2.27. The van der Waals surface area contributed by atoms with Crippen LogP contribution in [0.15, 0.2) is 54.7 Å². The molecule has 1 aliphatic rings. The van der Waals surface area contributed by atoms with E-state index in [1.807, 2.05) is 13.0 Å². The molecule has 0 fully saturated rings. The number of pyridine rings is 1. The smallest absolute Gasteiger partial charge is 0.282 e. The number of nitrogens with one attached hydrogen (secondary N) is 2. The molecule has 0 bridgehead atoms. The monoisotopic (exact) mass is 342 g/mol. The van der Waals surface area contributed by atoms with E-state index in [1.165, 1.54) is 16.0 Å². The standard InChI is InChI=1S/C19H20ClN3O/c1-14(19(24)22-17-8-5-11-21-18(17)20)23-12-9-16(10-13-23)15-6-3-2-4-7-15/h2-9,11,14H,10,12-13H2,1H3,(H,22,24)/p+1/t14-/m0/s1. The van der Waals surface area contributed by atoms with Crippen LogP contribution in [0.5, 0.6) is 0 Å². The first-order valence-corrected chi connectivity index (χ1v) is 8.53. The van der Waals surface area contributed by atoms with E-state index in [4.69, 9.17) is 11.6 Å². The van der Waals surface area contributed by atoms with Gasteiger partial charge in [-0.15, -0.1) is 0 Å². The Morgan fingerprint density at radius 1 is 1.25 bits per heavy atom. The fourth-order valence-corrected chi connectivity index (χ4v) is 3.13. The highest BCUT2D eigenvalue weighted by molar-refractivity contribution is 6.32. The van der Waals surface area contributed by atoms with E-state index in [0.29, 0.717) is 10.8 Å². The summed E-state index contributed by atoms with van der Waals surface area (Å²) in [7, 11) is 0. The van der Waals surface area contributed by atoms with Crippen molar-refractivity contribution in [3.05, 3.63) is 65.5 Å². The number of hydrogen-bond acceptors (Lipinski definition) is 2. The van der Waals surface area contributed by atoms with Crippen LogP contribution in [0.4, 0.5) is 5.69 Å². The number of quaternary nitrogens is 1. The van der Waals surface area contributed by atoms with Gasteiger partial charge in [0, 0.05) is 12.6 Å². The second kappa shape index (κ2) is 7.60. The van der Waals surface area contributed by atoms with Gasteiger partial charge < -0.3 is 10.2 Å². The second-order valence-electron chi connectivity index (χ2n) is 6.01. The maximum absolute atomic E-state index is 12.5. The molecule has 3 rings (SSSR count). The molecule has 2 atom stereocenters. The molecular formula is C19H21ClN3O+. The van der Waals surface area contributed by atoms with Crippen molar-refractivity contribution in [3.63, 3.8) is 0 Å². The van der Waals surface area contributed by atoms with Crippen molar-refractivity contribution in [3.8, 4) is 0 Å². The van der Waals surface area contributed by atoms with Gasteiger partial charge in [-0.2, -0.15) is 0 Å². The summed E-state index contributed by atoms with van der Waals surface area (Å²) in [5.74, 6) is -0.0311. The van der Waals surface area contributed by atoms with Crippen molar-refractivity contribution in [2.24, 2.45) is 0 Å². The quantitative estimate of drug-likeness (QED) is 0.838. The number of amides is 1. The third kappa shape index (κ3) is 3.83. The molecular weight excluding hydrogens is 322 g/mol. The molecule has 2 N–H and O–H groups in total. The third-order valence-electron chi connectivity index (χ3n) is 4.49. The average molecular weight is 343 g/mol. The molecule has 24 heavy (non-hydrogen) atoms. The normalized spacial score (nSPS) is 18.6. The van der Waals surface area contributed by atoms with Gasteiger partial charge in [-0.25, -0.2) is 4.98 Å². The predicted molar refractivity (Wildman–Crippen MR) is 97.1 cm³/mol. The fourth-order valence-electron chi connectivity index (χ4n) is 2.97. The minimum absolute atomic E-state index is 0.0311. The van der Waals surface area contributed by atoms with Crippen molar-refractivity contribution in [1.82, 2.24) is 4.98 Å². The minimum atomic E-state index is -0.144. The maximum atomic E-state index is 12.5. The molecule has 5 heteroatoms. The molecule has 1 aromatic heterocycles. The summed E-state index contributed by atoms with van der Waals surface area (Å²) in [4.78, 5) is 17.7. The largest absolute Gasteiger partial charge is 0.321 e. The Morgan fingerprint density at radius 2 is 2.04 bits per heavy atom. The molecule has 0 saturated carbocycles. The van der Waals surface area contributed by atoms with Crippen LogP contribution in [0.3, 0.4) is 0 Å². The number of nitrogens with zero attached hydrogens (tertiary/aromatic N) is 1. The molecule has 4 nitrogen and oxygen atoms in total. The Bertz CT molecular complexity index is 745. The molecule has 0 radical (unpaired) electrons. The highest BCUT2D eigenvalue weighted by atomic mass is 35.5. The van der Waals surface area contributed by atoms with Crippen LogP contribution in [0.2, 0.25) is 5.15 Å². The van der Waals surface area contributed by atoms with Crippen molar-refractivity contribution < 1.29 is 9.69 Å². The molecule has 124 valence electrons. The van der Waals surface area contributed by atoms with Crippen molar-refractivity contribution >= 4 is 28.8 Å². The number of carbonyl (C=O) groups excluding carboxylic acids is 1. The Kier molecular flexibility index (Phi) is 5.28. The van der Waals surface area contributed by atoms with Gasteiger partial charge in [0.1, 0.15) is 0 Å². The Labute approximate surface area is 147 Å². The summed E-state index contributed by atoms with van der Waals surface area (Å²) in [5, 5.41) is 3.19. The van der Waals surface area contributed by atoms with Gasteiger partial charge in [0.2, 0.25) is 0 Å². The summed E-state index contributed by atoms with van der Waals surface area (Å²) in [6.45, 7) is 3.74. The van der Waals surface area contributed by atoms with E-state index in [1.54, 1.807) is 18.3 Å². The highest BCUT2D eigenvalue weighted by Crippen LogP contribution is 2.19. The lowest BCUT2D eigenvalue weighted by molar-refractivity contribution is -0.909. The topological polar surface area (TPSA) is 46.4 Å². The van der Waals surface area contributed by atoms with Gasteiger partial charge in [0.05, 0.1) is 18.8 Å². The van der Waals surface area contributed by atoms with Gasteiger partial charge in [0.15, 0.2) is 11.2 Å². The van der Waals surface area contributed by atoms with E-state index in [-0.39, 0.29) is 11.9 Å². The first-order chi connectivity index (χ1) is 11.6. The molecule has 1 aliphatic heterocycles. The maximum Gasteiger partial charge on any atom is 0.282 e. The van der Waals surface area contributed by atoms with Crippen LogP contribution in [0.25, 0.3) is 5.57 Å². The summed E-state index contributed by atoms with van der Waals surface area (Å²) < 4.78 is 0. The zero-order valence-corrected chi connectivity index (χ0v) is 14.4. The third-order valence-corrected chi connectivity index (χ3v) is 4.79. The van der Waals surface area contributed by atoms with Crippen LogP contribution >= 0.6 is 11.6 Å². The molecule has 2 heterocycles. The van der Waals surface area contributed by atoms with Crippen LogP contribution < -0.4 is 10.2 Å². The van der Waals surface area contributed by atoms with Gasteiger partial charge >= 0.3 is 0 Å². The number of anilines is 1. The molecule has 0 saturated heterocycles. The number of halogens is 1. The molecule has 0 aliphatic carbocycles. The molecule has 2 aromatic rings. The first-order valence-electron chi connectivity index (χ1n) is 8.15. The van der Waals surface area contributed by atoms with Gasteiger partial charge in [-0.05, 0) is 36.3 Å². The van der Waals surface area contributed by atoms with Gasteiger partial charge in [-0.3, -0.25) is 4.79 Å². The van der Waals surface area contributed by atoms with Crippen molar-refractivity contribution in [2.45, 2.75) is 19.4 Å². The lowest BCUT2D eigenvalue weighted by Gasteiger charge is -2.28. The Hall–Kier alpha value is -2.17. The van der Waals surface area contributed by atoms with E-state index in [2.05, 4.69) is 40.6 Å². The molecule has 1 amide bonds. The summed E-state index contributed by atoms with van der Waals surface area (Å²) in [6.07, 6.45) is 4.83. The second-order valence-corrected chi connectivity index (χ2v) is 6.37. The van der Waals surface area contributed by atoms with Gasteiger partial charge in [-0.1, -0.05) is 41.9 Å². The first kappa shape index (κ1) is 16.7. The number of rotatable bonds is 4. The molecule has 0 spiro atoms. The lowest BCUT2D eigenvalue weighted by Crippen LogP contribution is -3.17. The summed E-state index contributed by atoms with van der Waals surface area (Å²) in [6, 6.07) is 13.8. The minimum Gasteiger partial charge on any atom is -0.321 e. The van der Waals surface area contributed by atoms with Crippen molar-refractivity contribution in [2.75, 3.05) is 18.4 Å². The molecule has 1 aromatic carbocycles. The average Bonchev–Trinajstić information content (AvgIpc) is 2.64. The zero-order chi connectivity index (χ0) is 16.9. The Morgan fingerprint density at radius 3 is 2.71 bits per heavy atom. The number of aromatic nitrogens is 1. The number of hydrogen-bond donors (Lipinski definition) is 2. The van der Waals surface area contributed by atoms with E-state index in [9.17, 15) is 4.79 Å². The lowest BCUT2D eigenvalue weighted by atomic mass is 9.99. The zero-order valence-electron chi connectivity index (χ0n) is 13.6. The Balaban J connectivity index is 1.62. The van der Waals surface area contributed by atoms with Crippen LogP contribution in [0.1, 0.15) is 18.9 Å². The van der Waals surface area contributed by atoms with Gasteiger partial charge in [0.25, 0.3) is 5.91 Å². The van der Waals surface area contributed by atoms with Crippen molar-refractivity contribution in [1.29, 1.82) is 0 Å². The van der Waals surface area contributed by atoms with Crippen LogP contribution in [0, 0.1) is 0 Å². The fraction of sp³-hybridized carbons (Fsp3) is 0.263. The number of carbonyl (C=O) groups is 1. The predicted octanol–water partition coefficient (Wildman–Crippen LogP) is 2.43. The SMILES string of the molecule is C[C@@H](C(=O)Nc1cccnc1Cl)[NH+]1CC=C(c2ccccc2)CC1. The molecule has 1 unspecified atom stereocenters. The van der Waals surface area contributed by atoms with E-state index < -0.39 is 0 Å². The van der Waals surface area contributed by atoms with E-state index >= 15 is 0 Å². The van der Waals surface area contributed by atoms with E-state index in [0.717, 1.165) is 19.5 Å². The van der Waals surface area contributed by atoms with Crippen LogP contribution in [-0.2, 0) is 4.79 Å². The van der Waals surface area contributed by atoms with Crippen LogP contribution in [-0.4, -0.2) is 30.0 Å².